The Balaban J connectivity index is 0.00000144. The quantitative estimate of drug-likeness (QED) is 0.660. The molecule has 0 bridgehead atoms. The monoisotopic (exact) mass is 269 g/mol. The number of aliphatic carboxylic acids is 1. The van der Waals surface area contributed by atoms with E-state index in [0.717, 1.165) is 11.6 Å². The Morgan fingerprint density at radius 3 is 2.31 bits per heavy atom. The third kappa shape index (κ3) is 4.68. The summed E-state index contributed by atoms with van der Waals surface area (Å²) in [6.45, 7) is 1.99. The van der Waals surface area contributed by atoms with Gasteiger partial charge in [0.1, 0.15) is 0 Å². The van der Waals surface area contributed by atoms with Crippen molar-refractivity contribution in [2.45, 2.75) is 6.92 Å². The summed E-state index contributed by atoms with van der Waals surface area (Å²) in [4.78, 5) is 10.2. The van der Waals surface area contributed by atoms with Gasteiger partial charge in [0.2, 0.25) is 0 Å². The molecule has 0 spiro atoms. The molecule has 1 radical (unpaired) electrons. The Bertz CT molecular complexity index is 301. The number of carbonyl (C=O) groups is 1. The van der Waals surface area contributed by atoms with Crippen LogP contribution < -0.4 is 0 Å². The van der Waals surface area contributed by atoms with Crippen LogP contribution in [0, 0.1) is 6.92 Å². The largest absolute Gasteiger partial charge is 0.478 e. The van der Waals surface area contributed by atoms with Crippen molar-refractivity contribution in [3.05, 3.63) is 41.5 Å². The van der Waals surface area contributed by atoms with Crippen LogP contribution in [0.5, 0.6) is 0 Å². The van der Waals surface area contributed by atoms with Gasteiger partial charge in [-0.25, -0.2) is 4.79 Å². The predicted molar refractivity (Wildman–Crippen MR) is 47.8 cm³/mol. The van der Waals surface area contributed by atoms with E-state index >= 15 is 0 Å². The van der Waals surface area contributed by atoms with Gasteiger partial charge in [-0.05, 0) is 18.6 Å². The molecule has 0 fully saturated rings. The van der Waals surface area contributed by atoms with Crippen LogP contribution in [0.4, 0.5) is 0 Å². The smallest absolute Gasteiger partial charge is 0.328 e. The number of hydrogen-bond donors (Lipinski definition) is 1. The summed E-state index contributed by atoms with van der Waals surface area (Å²) in [5.41, 5.74) is 2.07. The van der Waals surface area contributed by atoms with Crippen molar-refractivity contribution in [2.75, 3.05) is 0 Å². The maximum Gasteiger partial charge on any atom is 0.328 e. The topological polar surface area (TPSA) is 37.3 Å². The average Bonchev–Trinajstić information content (AvgIpc) is 2.03. The van der Waals surface area contributed by atoms with Crippen LogP contribution in [-0.2, 0) is 27.2 Å². The predicted octanol–water partition coefficient (Wildman–Crippen LogP) is 2.09. The molecule has 0 heterocycles. The molecule has 1 aromatic rings. The van der Waals surface area contributed by atoms with E-state index in [1.165, 1.54) is 5.56 Å². The molecular weight excluding hydrogens is 260 g/mol. The van der Waals surface area contributed by atoms with Gasteiger partial charge in [0.05, 0.1) is 0 Å². The van der Waals surface area contributed by atoms with Crippen molar-refractivity contribution >= 4 is 12.0 Å². The summed E-state index contributed by atoms with van der Waals surface area (Å²) in [5.74, 6) is -0.921. The zero-order valence-electron chi connectivity index (χ0n) is 7.12. The molecule has 73 valence electrons. The summed E-state index contributed by atoms with van der Waals surface area (Å²) in [5, 5.41) is 8.34. The number of hydrogen-bond acceptors (Lipinski definition) is 1. The van der Waals surface area contributed by atoms with Crippen molar-refractivity contribution in [1.82, 2.24) is 0 Å². The molecule has 1 N–H and O–H groups in total. The molecule has 0 saturated carbocycles. The summed E-state index contributed by atoms with van der Waals surface area (Å²) < 4.78 is 0. The van der Waals surface area contributed by atoms with E-state index in [2.05, 4.69) is 0 Å². The SMILES string of the molecule is Cc1ccc(/C=C/C(=O)O)cc1.[Ag]. The molecule has 0 aliphatic heterocycles. The zero-order valence-corrected chi connectivity index (χ0v) is 8.60. The number of carboxylic acids is 1. The van der Waals surface area contributed by atoms with Gasteiger partial charge in [-0.1, -0.05) is 29.8 Å². The number of benzene rings is 1. The summed E-state index contributed by atoms with van der Waals surface area (Å²) in [6.07, 6.45) is 2.70. The van der Waals surface area contributed by atoms with Crippen molar-refractivity contribution < 1.29 is 32.3 Å². The second-order valence-corrected chi connectivity index (χ2v) is 2.58. The Hall–Kier alpha value is -0.830. The van der Waals surface area contributed by atoms with Crippen molar-refractivity contribution in [3.63, 3.8) is 0 Å². The van der Waals surface area contributed by atoms with E-state index in [-0.39, 0.29) is 22.4 Å². The second-order valence-electron chi connectivity index (χ2n) is 2.58. The average molecular weight is 270 g/mol. The molecule has 1 aromatic carbocycles. The maximum absolute atomic E-state index is 10.2. The Labute approximate surface area is 92.8 Å². The zero-order chi connectivity index (χ0) is 8.97. The summed E-state index contributed by atoms with van der Waals surface area (Å²) in [6, 6.07) is 7.66. The molecule has 0 atom stereocenters. The van der Waals surface area contributed by atoms with Crippen LogP contribution in [0.1, 0.15) is 11.1 Å². The minimum absolute atomic E-state index is 0. The van der Waals surface area contributed by atoms with E-state index < -0.39 is 5.97 Å². The van der Waals surface area contributed by atoms with E-state index in [1.54, 1.807) is 6.08 Å². The number of aryl methyl sites for hydroxylation is 1. The van der Waals surface area contributed by atoms with E-state index in [4.69, 9.17) is 5.11 Å². The Morgan fingerprint density at radius 1 is 1.31 bits per heavy atom. The molecule has 0 amide bonds. The van der Waals surface area contributed by atoms with Crippen LogP contribution in [0.15, 0.2) is 30.3 Å². The first-order chi connectivity index (χ1) is 5.68. The minimum Gasteiger partial charge on any atom is -0.478 e. The fourth-order valence-electron chi connectivity index (χ4n) is 0.845. The van der Waals surface area contributed by atoms with Crippen molar-refractivity contribution in [1.29, 1.82) is 0 Å². The van der Waals surface area contributed by atoms with Crippen LogP contribution >= 0.6 is 0 Å². The molecule has 1 rings (SSSR count). The first kappa shape index (κ1) is 12.2. The van der Waals surface area contributed by atoms with Gasteiger partial charge in [-0.15, -0.1) is 0 Å². The molecule has 3 heteroatoms. The molecule has 0 aliphatic rings. The number of rotatable bonds is 2. The van der Waals surface area contributed by atoms with Gasteiger partial charge >= 0.3 is 5.97 Å². The van der Waals surface area contributed by atoms with E-state index in [1.807, 2.05) is 31.2 Å². The van der Waals surface area contributed by atoms with Crippen LogP contribution in [0.3, 0.4) is 0 Å². The number of carboxylic acid groups (broad SMARTS) is 1. The first-order valence-electron chi connectivity index (χ1n) is 3.66. The van der Waals surface area contributed by atoms with Crippen LogP contribution in [0.25, 0.3) is 6.08 Å². The molecule has 2 nitrogen and oxygen atoms in total. The first-order valence-corrected chi connectivity index (χ1v) is 3.66. The molecule has 13 heavy (non-hydrogen) atoms. The molecule has 0 saturated heterocycles. The molecular formula is C10H10AgO2. The van der Waals surface area contributed by atoms with E-state index in [9.17, 15) is 4.79 Å². The Morgan fingerprint density at radius 2 is 1.85 bits per heavy atom. The van der Waals surface area contributed by atoms with Gasteiger partial charge in [0.25, 0.3) is 0 Å². The molecule has 0 aromatic heterocycles. The standard InChI is InChI=1S/C10H10O2.Ag/c1-8-2-4-9(5-3-8)6-7-10(11)12;/h2-7H,1H3,(H,11,12);/b7-6+;. The Kier molecular flexibility index (Phi) is 5.39. The minimum atomic E-state index is -0.921. The van der Waals surface area contributed by atoms with Gasteiger partial charge in [0.15, 0.2) is 0 Å². The summed E-state index contributed by atoms with van der Waals surface area (Å²) >= 11 is 0. The van der Waals surface area contributed by atoms with Gasteiger partial charge in [-0.2, -0.15) is 0 Å². The maximum atomic E-state index is 10.2. The van der Waals surface area contributed by atoms with Gasteiger partial charge < -0.3 is 5.11 Å². The van der Waals surface area contributed by atoms with Gasteiger partial charge in [0, 0.05) is 28.5 Å². The summed E-state index contributed by atoms with van der Waals surface area (Å²) in [7, 11) is 0. The van der Waals surface area contributed by atoms with Crippen molar-refractivity contribution in [2.24, 2.45) is 0 Å². The van der Waals surface area contributed by atoms with Crippen LogP contribution in [-0.4, -0.2) is 11.1 Å². The molecule has 0 aliphatic carbocycles. The third-order valence-electron chi connectivity index (χ3n) is 1.50. The van der Waals surface area contributed by atoms with Crippen LogP contribution in [0.2, 0.25) is 0 Å². The normalized spacial score (nSPS) is 9.62. The second kappa shape index (κ2) is 5.75. The van der Waals surface area contributed by atoms with E-state index in [0.29, 0.717) is 0 Å². The third-order valence-corrected chi connectivity index (χ3v) is 1.50. The molecule has 0 unspecified atom stereocenters. The van der Waals surface area contributed by atoms with Crippen molar-refractivity contribution in [3.8, 4) is 0 Å². The fourth-order valence-corrected chi connectivity index (χ4v) is 0.845. The van der Waals surface area contributed by atoms with Gasteiger partial charge in [-0.3, -0.25) is 0 Å². The fraction of sp³-hybridized carbons (Fsp3) is 0.100.